The summed E-state index contributed by atoms with van der Waals surface area (Å²) >= 11 is 0. The second-order valence-corrected chi connectivity index (χ2v) is 8.19. The van der Waals surface area contributed by atoms with Crippen molar-refractivity contribution in [1.82, 2.24) is 0 Å². The molecule has 3 aliphatic carbocycles. The smallest absolute Gasteiger partial charge is 0.127 e. The molecule has 0 heterocycles. The maximum Gasteiger partial charge on any atom is 0.127 e. The number of aldehydes is 1. The van der Waals surface area contributed by atoms with Crippen LogP contribution in [0.3, 0.4) is 0 Å². The van der Waals surface area contributed by atoms with Crippen LogP contribution in [0.2, 0.25) is 0 Å². The second kappa shape index (κ2) is 5.07. The number of carbonyl (C=O) groups is 1. The molecule has 0 radical (unpaired) electrons. The number of rotatable bonds is 2. The van der Waals surface area contributed by atoms with Crippen LogP contribution in [0.5, 0.6) is 5.75 Å². The Kier molecular flexibility index (Phi) is 3.35. The Bertz CT molecular complexity index is 640. The Balaban J connectivity index is 1.79. The van der Waals surface area contributed by atoms with E-state index in [1.165, 1.54) is 17.4 Å². The summed E-state index contributed by atoms with van der Waals surface area (Å²) in [5, 5.41) is 10.3. The summed E-state index contributed by atoms with van der Waals surface area (Å²) in [5.41, 5.74) is 2.52. The molecule has 1 N–H and O–H groups in total. The molecule has 3 nitrogen and oxygen atoms in total. The molecule has 2 fully saturated rings. The number of ether oxygens (including phenoxy) is 1. The van der Waals surface area contributed by atoms with E-state index < -0.39 is 0 Å². The summed E-state index contributed by atoms with van der Waals surface area (Å²) in [5.74, 6) is 1.52. The highest BCUT2D eigenvalue weighted by atomic mass is 16.5. The molecule has 1 aromatic carbocycles. The molecule has 4 rings (SSSR count). The minimum absolute atomic E-state index is 0.126. The maximum absolute atomic E-state index is 12.3. The normalized spacial score (nSPS) is 41.6. The van der Waals surface area contributed by atoms with Crippen molar-refractivity contribution in [2.75, 3.05) is 7.11 Å². The van der Waals surface area contributed by atoms with Crippen molar-refractivity contribution in [3.8, 4) is 5.75 Å². The van der Waals surface area contributed by atoms with Gasteiger partial charge < -0.3 is 14.6 Å². The van der Waals surface area contributed by atoms with Gasteiger partial charge >= 0.3 is 0 Å². The van der Waals surface area contributed by atoms with Gasteiger partial charge in [0.2, 0.25) is 0 Å². The lowest BCUT2D eigenvalue weighted by Gasteiger charge is -2.55. The standard InChI is InChI=1S/C20H26O3/c1-19-7-6-17-16-4-3-15(23-2)9-13(16)5-8-20(17,12-21)18(19)10-14(22)11-19/h3-4,9,12,14,17-18,22H,5-8,10-11H2,1-2H3/t14-,17?,18?,19-,20+/m1/s1. The summed E-state index contributed by atoms with van der Waals surface area (Å²) in [6.45, 7) is 2.29. The summed E-state index contributed by atoms with van der Waals surface area (Å²) in [7, 11) is 1.70. The zero-order valence-corrected chi connectivity index (χ0v) is 14.0. The van der Waals surface area contributed by atoms with Gasteiger partial charge in [0.25, 0.3) is 0 Å². The lowest BCUT2D eigenvalue weighted by Crippen LogP contribution is -2.50. The zero-order valence-electron chi connectivity index (χ0n) is 14.0. The predicted molar refractivity (Wildman–Crippen MR) is 88.6 cm³/mol. The molecule has 0 aromatic heterocycles. The molecule has 124 valence electrons. The van der Waals surface area contributed by atoms with E-state index in [2.05, 4.69) is 19.1 Å². The Morgan fingerprint density at radius 2 is 2.17 bits per heavy atom. The molecule has 0 saturated heterocycles. The molecule has 2 unspecified atom stereocenters. The minimum atomic E-state index is -0.286. The number of hydrogen-bond donors (Lipinski definition) is 1. The fourth-order valence-electron chi connectivity index (χ4n) is 6.08. The lowest BCUT2D eigenvalue weighted by atomic mass is 9.48. The average molecular weight is 314 g/mol. The van der Waals surface area contributed by atoms with Crippen molar-refractivity contribution in [1.29, 1.82) is 0 Å². The zero-order chi connectivity index (χ0) is 16.2. The van der Waals surface area contributed by atoms with Crippen LogP contribution in [0.15, 0.2) is 18.2 Å². The van der Waals surface area contributed by atoms with E-state index >= 15 is 0 Å². The molecular formula is C20H26O3. The largest absolute Gasteiger partial charge is 0.497 e. The van der Waals surface area contributed by atoms with Crippen LogP contribution in [0.4, 0.5) is 0 Å². The van der Waals surface area contributed by atoms with Crippen molar-refractivity contribution in [2.45, 2.75) is 57.5 Å². The predicted octanol–water partition coefficient (Wildman–Crippen LogP) is 3.48. The molecular weight excluding hydrogens is 288 g/mol. The van der Waals surface area contributed by atoms with Gasteiger partial charge in [0.1, 0.15) is 12.0 Å². The first-order valence-corrected chi connectivity index (χ1v) is 8.83. The van der Waals surface area contributed by atoms with Crippen molar-refractivity contribution in [3.05, 3.63) is 29.3 Å². The van der Waals surface area contributed by atoms with E-state index in [1.54, 1.807) is 7.11 Å². The van der Waals surface area contributed by atoms with Gasteiger partial charge in [-0.25, -0.2) is 0 Å². The van der Waals surface area contributed by atoms with Crippen LogP contribution in [0.1, 0.15) is 56.1 Å². The van der Waals surface area contributed by atoms with Gasteiger partial charge in [0.15, 0.2) is 0 Å². The van der Waals surface area contributed by atoms with E-state index in [0.717, 1.165) is 44.3 Å². The van der Waals surface area contributed by atoms with Crippen molar-refractivity contribution in [2.24, 2.45) is 16.7 Å². The summed E-state index contributed by atoms with van der Waals surface area (Å²) in [6.07, 6.45) is 6.67. The summed E-state index contributed by atoms with van der Waals surface area (Å²) in [4.78, 5) is 12.3. The topological polar surface area (TPSA) is 46.5 Å². The van der Waals surface area contributed by atoms with E-state index in [4.69, 9.17) is 4.74 Å². The minimum Gasteiger partial charge on any atom is -0.497 e. The average Bonchev–Trinajstić information content (AvgIpc) is 2.88. The fraction of sp³-hybridized carbons (Fsp3) is 0.650. The number of aryl methyl sites for hydroxylation is 1. The van der Waals surface area contributed by atoms with E-state index in [0.29, 0.717) is 11.8 Å². The highest BCUT2D eigenvalue weighted by molar-refractivity contribution is 5.65. The van der Waals surface area contributed by atoms with Crippen LogP contribution in [0, 0.1) is 16.7 Å². The Morgan fingerprint density at radius 1 is 1.35 bits per heavy atom. The number of carbonyl (C=O) groups excluding carboxylic acids is 1. The van der Waals surface area contributed by atoms with Crippen molar-refractivity contribution in [3.63, 3.8) is 0 Å². The molecule has 0 spiro atoms. The van der Waals surface area contributed by atoms with Crippen molar-refractivity contribution >= 4 is 6.29 Å². The van der Waals surface area contributed by atoms with Gasteiger partial charge in [-0.1, -0.05) is 13.0 Å². The second-order valence-electron chi connectivity index (χ2n) is 8.19. The van der Waals surface area contributed by atoms with Gasteiger partial charge in [-0.05, 0) is 79.0 Å². The molecule has 5 atom stereocenters. The number of fused-ring (bicyclic) bond motifs is 5. The first-order valence-electron chi connectivity index (χ1n) is 8.83. The van der Waals surface area contributed by atoms with Gasteiger partial charge in [-0.3, -0.25) is 0 Å². The van der Waals surface area contributed by atoms with Crippen LogP contribution in [-0.2, 0) is 11.2 Å². The molecule has 0 amide bonds. The van der Waals surface area contributed by atoms with Crippen LogP contribution < -0.4 is 4.74 Å². The third-order valence-electron chi connectivity index (χ3n) is 7.12. The molecule has 1 aromatic rings. The van der Waals surface area contributed by atoms with Crippen molar-refractivity contribution < 1.29 is 14.6 Å². The van der Waals surface area contributed by atoms with E-state index in [1.807, 2.05) is 6.07 Å². The Labute approximate surface area is 138 Å². The van der Waals surface area contributed by atoms with Crippen LogP contribution in [0.25, 0.3) is 0 Å². The molecule has 3 heteroatoms. The van der Waals surface area contributed by atoms with Crippen LogP contribution in [-0.4, -0.2) is 24.6 Å². The maximum atomic E-state index is 12.3. The highest BCUT2D eigenvalue weighted by Crippen LogP contribution is 2.66. The number of aliphatic hydroxyl groups excluding tert-OH is 1. The number of benzene rings is 1. The first kappa shape index (κ1) is 15.2. The Hall–Kier alpha value is -1.35. The van der Waals surface area contributed by atoms with Gasteiger partial charge in [0.05, 0.1) is 13.2 Å². The number of hydrogen-bond acceptors (Lipinski definition) is 3. The summed E-state index contributed by atoms with van der Waals surface area (Å²) in [6, 6.07) is 6.34. The number of methoxy groups -OCH3 is 1. The molecule has 0 aliphatic heterocycles. The monoisotopic (exact) mass is 314 g/mol. The molecule has 2 saturated carbocycles. The van der Waals surface area contributed by atoms with E-state index in [-0.39, 0.29) is 16.9 Å². The van der Waals surface area contributed by atoms with Gasteiger partial charge in [0, 0.05) is 5.41 Å². The molecule has 3 aliphatic rings. The van der Waals surface area contributed by atoms with Gasteiger partial charge in [-0.15, -0.1) is 0 Å². The molecule has 23 heavy (non-hydrogen) atoms. The molecule has 0 bridgehead atoms. The number of aliphatic hydroxyl groups is 1. The van der Waals surface area contributed by atoms with Crippen LogP contribution >= 0.6 is 0 Å². The lowest BCUT2D eigenvalue weighted by molar-refractivity contribution is -0.129. The quantitative estimate of drug-likeness (QED) is 0.850. The Morgan fingerprint density at radius 3 is 2.91 bits per heavy atom. The first-order chi connectivity index (χ1) is 11.0. The third kappa shape index (κ3) is 2.02. The van der Waals surface area contributed by atoms with E-state index in [9.17, 15) is 9.90 Å². The third-order valence-corrected chi connectivity index (χ3v) is 7.12. The SMILES string of the molecule is COc1ccc2c(c1)CC[C@]1(C=O)C2CC[C@]2(C)C[C@H](O)CC21. The highest BCUT2D eigenvalue weighted by Gasteiger charge is 2.60. The summed E-state index contributed by atoms with van der Waals surface area (Å²) < 4.78 is 5.36. The van der Waals surface area contributed by atoms with Gasteiger partial charge in [-0.2, -0.15) is 0 Å². The fourth-order valence-corrected chi connectivity index (χ4v) is 6.08.